The van der Waals surface area contributed by atoms with Crippen LogP contribution in [0.25, 0.3) is 0 Å². The van der Waals surface area contributed by atoms with Gasteiger partial charge in [0.2, 0.25) is 0 Å². The Morgan fingerprint density at radius 2 is 1.81 bits per heavy atom. The van der Waals surface area contributed by atoms with Crippen LogP contribution < -0.4 is 5.32 Å². The van der Waals surface area contributed by atoms with Crippen molar-refractivity contribution in [1.82, 2.24) is 10.3 Å². The van der Waals surface area contributed by atoms with Crippen LogP contribution in [0.3, 0.4) is 0 Å². The van der Waals surface area contributed by atoms with Gasteiger partial charge in [0.25, 0.3) is 0 Å². The molecule has 0 spiro atoms. The Kier molecular flexibility index (Phi) is 4.14. The summed E-state index contributed by atoms with van der Waals surface area (Å²) >= 11 is 1.91. The number of hydrogen-bond acceptors (Lipinski definition) is 3. The van der Waals surface area contributed by atoms with Gasteiger partial charge in [-0.2, -0.15) is 0 Å². The number of thiazole rings is 1. The second-order valence-electron chi connectivity index (χ2n) is 6.45. The van der Waals surface area contributed by atoms with Crippen LogP contribution in [0.15, 0.2) is 18.2 Å². The predicted molar refractivity (Wildman–Crippen MR) is 90.2 cm³/mol. The first-order chi connectivity index (χ1) is 10.0. The second kappa shape index (κ2) is 5.90. The second-order valence-corrected chi connectivity index (χ2v) is 7.57. The third-order valence-electron chi connectivity index (χ3n) is 3.94. The maximum absolute atomic E-state index is 4.94. The van der Waals surface area contributed by atoms with E-state index in [1.165, 1.54) is 45.1 Å². The summed E-state index contributed by atoms with van der Waals surface area (Å²) in [6.45, 7) is 8.75. The molecule has 1 heterocycles. The molecule has 0 saturated carbocycles. The van der Waals surface area contributed by atoms with Crippen molar-refractivity contribution in [2.75, 3.05) is 0 Å². The zero-order valence-corrected chi connectivity index (χ0v) is 14.2. The molecule has 0 amide bonds. The lowest BCUT2D eigenvalue weighted by Gasteiger charge is -2.21. The number of hydrogen-bond donors (Lipinski definition) is 1. The topological polar surface area (TPSA) is 24.9 Å². The van der Waals surface area contributed by atoms with E-state index in [0.717, 1.165) is 6.42 Å². The third-order valence-corrected chi connectivity index (χ3v) is 5.16. The van der Waals surface area contributed by atoms with E-state index < -0.39 is 0 Å². The van der Waals surface area contributed by atoms with Crippen LogP contribution in [0, 0.1) is 13.8 Å². The Labute approximate surface area is 131 Å². The number of aryl methyl sites for hydroxylation is 4. The lowest BCUT2D eigenvalue weighted by Crippen LogP contribution is -2.29. The summed E-state index contributed by atoms with van der Waals surface area (Å²) in [7, 11) is 0. The molecule has 21 heavy (non-hydrogen) atoms. The molecule has 2 nitrogen and oxygen atoms in total. The molecule has 1 aromatic heterocycles. The Balaban J connectivity index is 2.00. The number of nitrogens with one attached hydrogen (secondary N) is 1. The fourth-order valence-corrected chi connectivity index (χ4v) is 4.40. The van der Waals surface area contributed by atoms with E-state index in [2.05, 4.69) is 51.2 Å². The van der Waals surface area contributed by atoms with Crippen LogP contribution in [-0.2, 0) is 12.8 Å². The smallest absolute Gasteiger partial charge is 0.115 e. The molecule has 1 unspecified atom stereocenters. The van der Waals surface area contributed by atoms with Gasteiger partial charge >= 0.3 is 0 Å². The van der Waals surface area contributed by atoms with E-state index >= 15 is 0 Å². The Bertz CT molecular complexity index is 601. The molecule has 2 aromatic rings. The van der Waals surface area contributed by atoms with Crippen LogP contribution in [0.1, 0.15) is 58.6 Å². The molecule has 1 aliphatic rings. The van der Waals surface area contributed by atoms with Gasteiger partial charge in [0.1, 0.15) is 5.01 Å². The van der Waals surface area contributed by atoms with Crippen LogP contribution in [-0.4, -0.2) is 11.0 Å². The average molecular weight is 300 g/mol. The highest BCUT2D eigenvalue weighted by Gasteiger charge is 2.24. The molecule has 0 bridgehead atoms. The standard InChI is InChI=1S/C18H24N2S/c1-11(2)19-17(14-9-12(3)8-13(4)10-14)18-20-15-6-5-7-16(15)21-18/h8-11,17,19H,5-7H2,1-4H3. The Morgan fingerprint density at radius 3 is 2.43 bits per heavy atom. The average Bonchev–Trinajstić information content (AvgIpc) is 2.94. The highest BCUT2D eigenvalue weighted by Crippen LogP contribution is 2.34. The molecule has 0 radical (unpaired) electrons. The molecule has 3 rings (SSSR count). The minimum atomic E-state index is 0.221. The van der Waals surface area contributed by atoms with Crippen molar-refractivity contribution in [3.05, 3.63) is 50.5 Å². The van der Waals surface area contributed by atoms with Gasteiger partial charge in [-0.25, -0.2) is 4.98 Å². The zero-order valence-electron chi connectivity index (χ0n) is 13.4. The summed E-state index contributed by atoms with van der Waals surface area (Å²) in [5.41, 5.74) is 5.33. The summed E-state index contributed by atoms with van der Waals surface area (Å²) in [5, 5.41) is 4.94. The fourth-order valence-electron chi connectivity index (χ4n) is 3.15. The highest BCUT2D eigenvalue weighted by molar-refractivity contribution is 7.11. The maximum Gasteiger partial charge on any atom is 0.115 e. The van der Waals surface area contributed by atoms with Gasteiger partial charge in [-0.3, -0.25) is 0 Å². The highest BCUT2D eigenvalue weighted by atomic mass is 32.1. The van der Waals surface area contributed by atoms with Crippen molar-refractivity contribution in [3.63, 3.8) is 0 Å². The monoisotopic (exact) mass is 300 g/mol. The first-order valence-corrected chi connectivity index (χ1v) is 8.67. The van der Waals surface area contributed by atoms with Crippen molar-refractivity contribution >= 4 is 11.3 Å². The molecule has 1 aliphatic carbocycles. The Morgan fingerprint density at radius 1 is 1.10 bits per heavy atom. The van der Waals surface area contributed by atoms with Crippen molar-refractivity contribution < 1.29 is 0 Å². The van der Waals surface area contributed by atoms with Gasteiger partial charge < -0.3 is 5.32 Å². The molecular weight excluding hydrogens is 276 g/mol. The molecule has 3 heteroatoms. The molecule has 1 N–H and O–H groups in total. The molecule has 112 valence electrons. The lowest BCUT2D eigenvalue weighted by molar-refractivity contribution is 0.526. The van der Waals surface area contributed by atoms with E-state index in [4.69, 9.17) is 4.98 Å². The molecule has 1 atom stereocenters. The van der Waals surface area contributed by atoms with Crippen LogP contribution in [0.5, 0.6) is 0 Å². The van der Waals surface area contributed by atoms with Crippen LogP contribution in [0.4, 0.5) is 0 Å². The largest absolute Gasteiger partial charge is 0.302 e. The van der Waals surface area contributed by atoms with E-state index in [1.54, 1.807) is 0 Å². The Hall–Kier alpha value is -1.19. The molecular formula is C18H24N2S. The lowest BCUT2D eigenvalue weighted by atomic mass is 10.0. The molecule has 0 saturated heterocycles. The zero-order chi connectivity index (χ0) is 15.0. The molecule has 0 fully saturated rings. The summed E-state index contributed by atoms with van der Waals surface area (Å²) in [5.74, 6) is 0. The molecule has 1 aromatic carbocycles. The van der Waals surface area contributed by atoms with Gasteiger partial charge in [0.05, 0.1) is 11.7 Å². The van der Waals surface area contributed by atoms with E-state index in [1.807, 2.05) is 11.3 Å². The minimum absolute atomic E-state index is 0.221. The maximum atomic E-state index is 4.94. The van der Waals surface area contributed by atoms with E-state index in [-0.39, 0.29) is 6.04 Å². The first-order valence-electron chi connectivity index (χ1n) is 7.85. The van der Waals surface area contributed by atoms with Crippen molar-refractivity contribution in [2.45, 2.75) is 59.0 Å². The number of fused-ring (bicyclic) bond motifs is 1. The van der Waals surface area contributed by atoms with Gasteiger partial charge in [-0.15, -0.1) is 11.3 Å². The summed E-state index contributed by atoms with van der Waals surface area (Å²) in [4.78, 5) is 6.44. The summed E-state index contributed by atoms with van der Waals surface area (Å²) in [6.07, 6.45) is 3.65. The van der Waals surface area contributed by atoms with Gasteiger partial charge in [-0.05, 0) is 52.5 Å². The quantitative estimate of drug-likeness (QED) is 0.908. The third kappa shape index (κ3) is 3.19. The molecule has 0 aliphatic heterocycles. The SMILES string of the molecule is Cc1cc(C)cc(C(NC(C)C)c2nc3c(s2)CCC3)c1. The number of nitrogens with zero attached hydrogens (tertiary/aromatic N) is 1. The van der Waals surface area contributed by atoms with Crippen molar-refractivity contribution in [1.29, 1.82) is 0 Å². The predicted octanol–water partition coefficient (Wildman–Crippen LogP) is 4.34. The van der Waals surface area contributed by atoms with E-state index in [9.17, 15) is 0 Å². The normalized spacial score (nSPS) is 15.5. The minimum Gasteiger partial charge on any atom is -0.302 e. The summed E-state index contributed by atoms with van der Waals surface area (Å²) < 4.78 is 0. The van der Waals surface area contributed by atoms with Crippen LogP contribution in [0.2, 0.25) is 0 Å². The van der Waals surface area contributed by atoms with Crippen molar-refractivity contribution in [2.24, 2.45) is 0 Å². The fraction of sp³-hybridized carbons (Fsp3) is 0.500. The number of rotatable bonds is 4. The van der Waals surface area contributed by atoms with Crippen LogP contribution >= 0.6 is 11.3 Å². The van der Waals surface area contributed by atoms with Gasteiger partial charge in [0, 0.05) is 10.9 Å². The number of benzene rings is 1. The number of aromatic nitrogens is 1. The van der Waals surface area contributed by atoms with Gasteiger partial charge in [0.15, 0.2) is 0 Å². The van der Waals surface area contributed by atoms with Crippen molar-refractivity contribution in [3.8, 4) is 0 Å². The van der Waals surface area contributed by atoms with Gasteiger partial charge in [-0.1, -0.05) is 29.3 Å². The first kappa shape index (κ1) is 14.7. The van der Waals surface area contributed by atoms with E-state index in [0.29, 0.717) is 6.04 Å². The summed E-state index contributed by atoms with van der Waals surface area (Å²) in [6, 6.07) is 7.48.